The summed E-state index contributed by atoms with van der Waals surface area (Å²) in [5.41, 5.74) is 0.705. The van der Waals surface area contributed by atoms with Crippen molar-refractivity contribution in [1.82, 2.24) is 4.31 Å². The van der Waals surface area contributed by atoms with E-state index in [4.69, 9.17) is 0 Å². The fourth-order valence-electron chi connectivity index (χ4n) is 3.20. The van der Waals surface area contributed by atoms with Crippen LogP contribution in [-0.2, 0) is 14.8 Å². The highest BCUT2D eigenvalue weighted by atomic mass is 32.2. The molecule has 0 bridgehead atoms. The third-order valence-electron chi connectivity index (χ3n) is 4.30. The van der Waals surface area contributed by atoms with Gasteiger partial charge in [-0.3, -0.25) is 4.79 Å². The summed E-state index contributed by atoms with van der Waals surface area (Å²) in [7, 11) is -3.97. The Labute approximate surface area is 144 Å². The Hall–Kier alpha value is -1.61. The predicted octanol–water partition coefficient (Wildman–Crippen LogP) is 2.70. The molecule has 0 radical (unpaired) electrons. The van der Waals surface area contributed by atoms with Gasteiger partial charge in [0.2, 0.25) is 10.0 Å². The van der Waals surface area contributed by atoms with Crippen molar-refractivity contribution in [2.45, 2.75) is 25.4 Å². The van der Waals surface area contributed by atoms with E-state index in [2.05, 4.69) is 0 Å². The number of carbonyl (C=O) groups is 1. The van der Waals surface area contributed by atoms with Gasteiger partial charge in [-0.25, -0.2) is 12.7 Å². The average Bonchev–Trinajstić information content (AvgIpc) is 2.91. The van der Waals surface area contributed by atoms with Gasteiger partial charge in [-0.05, 0) is 11.5 Å². The molecule has 2 rings (SSSR count). The van der Waals surface area contributed by atoms with Crippen LogP contribution in [0.3, 0.4) is 0 Å². The molecule has 3 atom stereocenters. The number of aliphatic carboxylic acids is 1. The zero-order valence-electron chi connectivity index (χ0n) is 13.6. The molecule has 9 heteroatoms. The van der Waals surface area contributed by atoms with Crippen molar-refractivity contribution in [3.8, 4) is 0 Å². The molecule has 1 aliphatic rings. The number of benzene rings is 1. The number of rotatable bonds is 6. The van der Waals surface area contributed by atoms with E-state index in [0.29, 0.717) is 5.56 Å². The number of hydrogen-bond acceptors (Lipinski definition) is 3. The number of halogens is 3. The monoisotopic (exact) mass is 379 g/mol. The Kier molecular flexibility index (Phi) is 5.78. The maximum absolute atomic E-state index is 12.4. The molecule has 1 unspecified atom stereocenters. The molecule has 1 N–H and O–H groups in total. The van der Waals surface area contributed by atoms with Crippen molar-refractivity contribution in [3.05, 3.63) is 35.9 Å². The minimum atomic E-state index is -4.43. The van der Waals surface area contributed by atoms with Crippen LogP contribution in [0.4, 0.5) is 13.2 Å². The van der Waals surface area contributed by atoms with Gasteiger partial charge in [0.1, 0.15) is 0 Å². The Morgan fingerprint density at radius 2 is 1.88 bits per heavy atom. The molecular weight excluding hydrogens is 359 g/mol. The fourth-order valence-corrected chi connectivity index (χ4v) is 5.03. The van der Waals surface area contributed by atoms with E-state index in [1.54, 1.807) is 30.3 Å². The van der Waals surface area contributed by atoms with Crippen molar-refractivity contribution < 1.29 is 31.5 Å². The molecular formula is C16H20F3NO4S. The largest absolute Gasteiger partial charge is 0.481 e. The second-order valence-corrected chi connectivity index (χ2v) is 8.50. The summed E-state index contributed by atoms with van der Waals surface area (Å²) in [5.74, 6) is -4.30. The Morgan fingerprint density at radius 3 is 2.40 bits per heavy atom. The maximum Gasteiger partial charge on any atom is 0.389 e. The summed E-state index contributed by atoms with van der Waals surface area (Å²) in [5, 5.41) is 9.39. The third-order valence-corrected chi connectivity index (χ3v) is 6.37. The summed E-state index contributed by atoms with van der Waals surface area (Å²) >= 11 is 0. The van der Waals surface area contributed by atoms with E-state index in [0.717, 1.165) is 4.31 Å². The summed E-state index contributed by atoms with van der Waals surface area (Å²) in [6, 6.07) is 8.68. The molecule has 5 nitrogen and oxygen atoms in total. The van der Waals surface area contributed by atoms with Gasteiger partial charge in [0.05, 0.1) is 11.7 Å². The van der Waals surface area contributed by atoms with Crippen LogP contribution in [-0.4, -0.2) is 48.8 Å². The molecule has 140 valence electrons. The first-order valence-electron chi connectivity index (χ1n) is 7.82. The van der Waals surface area contributed by atoms with Crippen LogP contribution in [0.5, 0.6) is 0 Å². The third kappa shape index (κ3) is 5.18. The predicted molar refractivity (Wildman–Crippen MR) is 85.5 cm³/mol. The van der Waals surface area contributed by atoms with E-state index in [-0.39, 0.29) is 13.1 Å². The van der Waals surface area contributed by atoms with Gasteiger partial charge in [0.25, 0.3) is 0 Å². The number of carboxylic acids is 1. The van der Waals surface area contributed by atoms with Crippen LogP contribution >= 0.6 is 0 Å². The summed E-state index contributed by atoms with van der Waals surface area (Å²) in [6.07, 6.45) is -5.62. The Bertz CT molecular complexity index is 706. The number of nitrogens with zero attached hydrogens (tertiary/aromatic N) is 1. The van der Waals surface area contributed by atoms with Crippen molar-refractivity contribution in [1.29, 1.82) is 0 Å². The molecule has 1 aromatic carbocycles. The number of hydrogen-bond donors (Lipinski definition) is 1. The highest BCUT2D eigenvalue weighted by Gasteiger charge is 2.43. The number of sulfonamides is 1. The number of alkyl halides is 3. The molecule has 1 aromatic rings. The second-order valence-electron chi connectivity index (χ2n) is 6.48. The van der Waals surface area contributed by atoms with E-state index in [1.807, 2.05) is 0 Å². The van der Waals surface area contributed by atoms with Gasteiger partial charge in [-0.1, -0.05) is 37.3 Å². The summed E-state index contributed by atoms with van der Waals surface area (Å²) < 4.78 is 63.2. The van der Waals surface area contributed by atoms with Crippen LogP contribution in [0, 0.1) is 11.8 Å². The van der Waals surface area contributed by atoms with Gasteiger partial charge in [-0.2, -0.15) is 13.2 Å². The molecule has 0 amide bonds. The van der Waals surface area contributed by atoms with E-state index in [9.17, 15) is 31.5 Å². The normalized spacial score (nSPS) is 23.5. The molecule has 0 aliphatic carbocycles. The highest BCUT2D eigenvalue weighted by Crippen LogP contribution is 2.35. The molecule has 1 saturated heterocycles. The van der Waals surface area contributed by atoms with Gasteiger partial charge in [-0.15, -0.1) is 0 Å². The molecule has 25 heavy (non-hydrogen) atoms. The lowest BCUT2D eigenvalue weighted by Crippen LogP contribution is -2.34. The van der Waals surface area contributed by atoms with Gasteiger partial charge in [0.15, 0.2) is 0 Å². The van der Waals surface area contributed by atoms with Crippen molar-refractivity contribution in [2.24, 2.45) is 11.8 Å². The Morgan fingerprint density at radius 1 is 1.28 bits per heavy atom. The SMILES string of the molecule is CC(CC(F)(F)F)CS(=O)(=O)N1C[C@H](C(=O)O)[C@@H](c2ccccc2)C1. The topological polar surface area (TPSA) is 74.7 Å². The van der Waals surface area contributed by atoms with Crippen LogP contribution in [0.1, 0.15) is 24.8 Å². The lowest BCUT2D eigenvalue weighted by Gasteiger charge is -2.20. The van der Waals surface area contributed by atoms with Crippen LogP contribution in [0.25, 0.3) is 0 Å². The van der Waals surface area contributed by atoms with Gasteiger partial charge in [0, 0.05) is 25.4 Å². The average molecular weight is 379 g/mol. The van der Waals surface area contributed by atoms with Crippen molar-refractivity contribution >= 4 is 16.0 Å². The fraction of sp³-hybridized carbons (Fsp3) is 0.562. The highest BCUT2D eigenvalue weighted by molar-refractivity contribution is 7.89. The lowest BCUT2D eigenvalue weighted by molar-refractivity contribution is -0.142. The first-order valence-corrected chi connectivity index (χ1v) is 9.43. The second kappa shape index (κ2) is 7.33. The van der Waals surface area contributed by atoms with E-state index in [1.165, 1.54) is 6.92 Å². The molecule has 0 spiro atoms. The quantitative estimate of drug-likeness (QED) is 0.825. The zero-order valence-corrected chi connectivity index (χ0v) is 14.4. The zero-order chi connectivity index (χ0) is 18.8. The first-order chi connectivity index (χ1) is 11.5. The van der Waals surface area contributed by atoms with Gasteiger partial charge >= 0.3 is 12.1 Å². The molecule has 1 fully saturated rings. The van der Waals surface area contributed by atoms with Crippen LogP contribution in [0.2, 0.25) is 0 Å². The minimum absolute atomic E-state index is 0.0396. The smallest absolute Gasteiger partial charge is 0.389 e. The van der Waals surface area contributed by atoms with Crippen LogP contribution in [0.15, 0.2) is 30.3 Å². The first kappa shape index (κ1) is 19.7. The Balaban J connectivity index is 2.15. The van der Waals surface area contributed by atoms with Gasteiger partial charge < -0.3 is 5.11 Å². The van der Waals surface area contributed by atoms with E-state index < -0.39 is 52.1 Å². The lowest BCUT2D eigenvalue weighted by atomic mass is 9.89. The molecule has 0 aromatic heterocycles. The minimum Gasteiger partial charge on any atom is -0.481 e. The summed E-state index contributed by atoms with van der Waals surface area (Å²) in [4.78, 5) is 11.5. The molecule has 1 heterocycles. The molecule has 1 aliphatic heterocycles. The van der Waals surface area contributed by atoms with Crippen LogP contribution < -0.4 is 0 Å². The molecule has 0 saturated carbocycles. The summed E-state index contributed by atoms with van der Waals surface area (Å²) in [6.45, 7) is 0.961. The number of carboxylic acid groups (broad SMARTS) is 1. The maximum atomic E-state index is 12.4. The standard InChI is InChI=1S/C16H20F3NO4S/c1-11(7-16(17,18)19)10-25(23,24)20-8-13(14(9-20)15(21)22)12-5-3-2-4-6-12/h2-6,11,13-14H,7-10H2,1H3,(H,21,22)/t11?,13-,14+/m1/s1. The van der Waals surface area contributed by atoms with E-state index >= 15 is 0 Å². The van der Waals surface area contributed by atoms with Crippen molar-refractivity contribution in [3.63, 3.8) is 0 Å². The van der Waals surface area contributed by atoms with Crippen molar-refractivity contribution in [2.75, 3.05) is 18.8 Å².